The second kappa shape index (κ2) is 7.41. The van der Waals surface area contributed by atoms with E-state index < -0.39 is 0 Å². The summed E-state index contributed by atoms with van der Waals surface area (Å²) in [6.45, 7) is 2.12. The van der Waals surface area contributed by atoms with Crippen LogP contribution in [0.15, 0.2) is 53.0 Å². The maximum Gasteiger partial charge on any atom is 0.163 e. The van der Waals surface area contributed by atoms with Crippen LogP contribution in [0, 0.1) is 0 Å². The molecule has 0 fully saturated rings. The zero-order valence-electron chi connectivity index (χ0n) is 12.3. The van der Waals surface area contributed by atoms with Gasteiger partial charge in [-0.1, -0.05) is 41.1 Å². The number of carbonyl (C=O) groups excluding carboxylic acids is 1. The molecule has 0 aliphatic carbocycles. The average Bonchev–Trinajstić information content (AvgIpc) is 2.53. The lowest BCUT2D eigenvalue weighted by atomic mass is 9.89. The Morgan fingerprint density at radius 1 is 1.14 bits per heavy atom. The summed E-state index contributed by atoms with van der Waals surface area (Å²) in [7, 11) is 1.62. The van der Waals surface area contributed by atoms with Gasteiger partial charge in [0, 0.05) is 16.5 Å². The van der Waals surface area contributed by atoms with Crippen LogP contribution >= 0.6 is 15.9 Å². The molecule has 0 saturated heterocycles. The van der Waals surface area contributed by atoms with Crippen molar-refractivity contribution in [1.29, 1.82) is 0 Å². The molecule has 0 saturated carbocycles. The first-order valence-electron chi connectivity index (χ1n) is 7.07. The molecule has 0 amide bonds. The summed E-state index contributed by atoms with van der Waals surface area (Å²) in [4.78, 5) is 12.4. The summed E-state index contributed by atoms with van der Waals surface area (Å²) in [6, 6.07) is 15.4. The third-order valence-electron chi connectivity index (χ3n) is 3.68. The summed E-state index contributed by atoms with van der Waals surface area (Å²) >= 11 is 3.57. The second-order valence-electron chi connectivity index (χ2n) is 4.98. The minimum atomic E-state index is 0.167. The molecular formula is C18H19BrO2. The van der Waals surface area contributed by atoms with Gasteiger partial charge in [-0.15, -0.1) is 0 Å². The van der Waals surface area contributed by atoms with Gasteiger partial charge in [-0.2, -0.15) is 0 Å². The molecule has 0 spiro atoms. The number of hydrogen-bond donors (Lipinski definition) is 0. The first-order valence-corrected chi connectivity index (χ1v) is 7.86. The number of methoxy groups -OCH3 is 1. The van der Waals surface area contributed by atoms with Gasteiger partial charge >= 0.3 is 0 Å². The quantitative estimate of drug-likeness (QED) is 0.670. The van der Waals surface area contributed by atoms with Crippen LogP contribution in [0.2, 0.25) is 0 Å². The van der Waals surface area contributed by atoms with Gasteiger partial charge in [0.05, 0.1) is 7.11 Å². The molecule has 0 aliphatic heterocycles. The summed E-state index contributed by atoms with van der Waals surface area (Å²) in [6.07, 6.45) is 1.45. The van der Waals surface area contributed by atoms with E-state index in [-0.39, 0.29) is 11.7 Å². The highest BCUT2D eigenvalue weighted by atomic mass is 79.9. The molecule has 2 rings (SSSR count). The third-order valence-corrected chi connectivity index (χ3v) is 4.40. The highest BCUT2D eigenvalue weighted by molar-refractivity contribution is 9.10. The van der Waals surface area contributed by atoms with E-state index in [1.165, 1.54) is 5.56 Å². The molecule has 2 aromatic carbocycles. The van der Waals surface area contributed by atoms with Crippen molar-refractivity contribution >= 4 is 21.7 Å². The van der Waals surface area contributed by atoms with E-state index in [1.54, 1.807) is 7.11 Å². The van der Waals surface area contributed by atoms with Gasteiger partial charge in [0.1, 0.15) is 5.75 Å². The number of benzene rings is 2. The molecule has 0 bridgehead atoms. The van der Waals surface area contributed by atoms with Crippen molar-refractivity contribution in [2.24, 2.45) is 0 Å². The van der Waals surface area contributed by atoms with Gasteiger partial charge in [0.2, 0.25) is 0 Å². The minimum absolute atomic E-state index is 0.167. The van der Waals surface area contributed by atoms with E-state index in [2.05, 4.69) is 28.9 Å². The first-order chi connectivity index (χ1) is 10.2. The molecule has 110 valence electrons. The lowest BCUT2D eigenvalue weighted by Crippen LogP contribution is -2.07. The Bertz CT molecular complexity index is 605. The summed E-state index contributed by atoms with van der Waals surface area (Å²) < 4.78 is 6.19. The molecule has 0 unspecified atom stereocenters. The molecule has 0 aliphatic rings. The molecule has 0 aromatic heterocycles. The van der Waals surface area contributed by atoms with E-state index in [4.69, 9.17) is 4.74 Å². The molecule has 1 atom stereocenters. The van der Waals surface area contributed by atoms with E-state index >= 15 is 0 Å². The lowest BCUT2D eigenvalue weighted by molar-refractivity contribution is 0.0972. The van der Waals surface area contributed by atoms with E-state index in [0.717, 1.165) is 22.2 Å². The Kier molecular flexibility index (Phi) is 5.57. The van der Waals surface area contributed by atoms with Crippen molar-refractivity contribution in [2.75, 3.05) is 7.11 Å². The van der Waals surface area contributed by atoms with E-state index in [9.17, 15) is 4.79 Å². The maximum atomic E-state index is 12.4. The van der Waals surface area contributed by atoms with Crippen LogP contribution in [0.1, 0.15) is 41.6 Å². The Balaban J connectivity index is 2.14. The van der Waals surface area contributed by atoms with Crippen LogP contribution in [-0.4, -0.2) is 12.9 Å². The predicted molar refractivity (Wildman–Crippen MR) is 89.1 cm³/mol. The smallest absolute Gasteiger partial charge is 0.163 e. The van der Waals surface area contributed by atoms with E-state index in [1.807, 2.05) is 42.5 Å². The van der Waals surface area contributed by atoms with Crippen LogP contribution < -0.4 is 4.74 Å². The Morgan fingerprint density at radius 2 is 1.81 bits per heavy atom. The Labute approximate surface area is 134 Å². The number of ketones is 1. The Morgan fingerprint density at radius 3 is 2.38 bits per heavy atom. The summed E-state index contributed by atoms with van der Waals surface area (Å²) in [5.74, 6) is 1.17. The van der Waals surface area contributed by atoms with Crippen molar-refractivity contribution in [3.63, 3.8) is 0 Å². The number of ether oxygens (including phenoxy) is 1. The monoisotopic (exact) mass is 346 g/mol. The molecule has 2 aromatic rings. The number of rotatable bonds is 6. The van der Waals surface area contributed by atoms with Crippen LogP contribution in [0.25, 0.3) is 0 Å². The molecule has 0 radical (unpaired) electrons. The largest absolute Gasteiger partial charge is 0.497 e. The molecule has 0 heterocycles. The van der Waals surface area contributed by atoms with Gasteiger partial charge in [0.15, 0.2) is 5.78 Å². The fourth-order valence-electron chi connectivity index (χ4n) is 2.40. The topological polar surface area (TPSA) is 26.3 Å². The molecule has 3 heteroatoms. The van der Waals surface area contributed by atoms with Crippen molar-refractivity contribution in [1.82, 2.24) is 0 Å². The van der Waals surface area contributed by atoms with Gasteiger partial charge in [0.25, 0.3) is 0 Å². The van der Waals surface area contributed by atoms with Gasteiger partial charge in [-0.3, -0.25) is 4.79 Å². The van der Waals surface area contributed by atoms with Gasteiger partial charge in [-0.05, 0) is 48.2 Å². The first kappa shape index (κ1) is 15.8. The SMILES string of the molecule is CC[C@@H](CC(=O)c1ccc(OC)cc1)c1ccccc1Br. The third kappa shape index (κ3) is 3.94. The van der Waals surface area contributed by atoms with Crippen LogP contribution in [0.4, 0.5) is 0 Å². The van der Waals surface area contributed by atoms with Gasteiger partial charge < -0.3 is 4.74 Å². The number of hydrogen-bond acceptors (Lipinski definition) is 2. The number of carbonyl (C=O) groups is 1. The van der Waals surface area contributed by atoms with Crippen LogP contribution in [0.3, 0.4) is 0 Å². The highest BCUT2D eigenvalue weighted by Gasteiger charge is 2.17. The number of Topliss-reactive ketones (excluding diaryl/α,β-unsaturated/α-hetero) is 1. The standard InChI is InChI=1S/C18H19BrO2/c1-3-13(16-6-4-5-7-17(16)19)12-18(20)14-8-10-15(21-2)11-9-14/h4-11,13H,3,12H2,1-2H3/t13-/m0/s1. The van der Waals surface area contributed by atoms with Crippen molar-refractivity contribution < 1.29 is 9.53 Å². The summed E-state index contributed by atoms with van der Waals surface area (Å²) in [5, 5.41) is 0. The average molecular weight is 347 g/mol. The molecular weight excluding hydrogens is 328 g/mol. The van der Waals surface area contributed by atoms with Crippen molar-refractivity contribution in [2.45, 2.75) is 25.7 Å². The zero-order valence-corrected chi connectivity index (χ0v) is 13.9. The zero-order chi connectivity index (χ0) is 15.2. The normalized spacial score (nSPS) is 12.0. The fraction of sp³-hybridized carbons (Fsp3) is 0.278. The van der Waals surface area contributed by atoms with E-state index in [0.29, 0.717) is 6.42 Å². The second-order valence-corrected chi connectivity index (χ2v) is 5.84. The number of halogens is 1. The molecule has 21 heavy (non-hydrogen) atoms. The van der Waals surface area contributed by atoms with Crippen LogP contribution in [-0.2, 0) is 0 Å². The predicted octanol–water partition coefficient (Wildman–Crippen LogP) is 5.22. The van der Waals surface area contributed by atoms with Crippen molar-refractivity contribution in [3.05, 3.63) is 64.1 Å². The van der Waals surface area contributed by atoms with Crippen molar-refractivity contribution in [3.8, 4) is 5.75 Å². The van der Waals surface area contributed by atoms with Crippen LogP contribution in [0.5, 0.6) is 5.75 Å². The maximum absolute atomic E-state index is 12.4. The Hall–Kier alpha value is -1.61. The summed E-state index contributed by atoms with van der Waals surface area (Å²) in [5.41, 5.74) is 1.93. The highest BCUT2D eigenvalue weighted by Crippen LogP contribution is 2.31. The lowest BCUT2D eigenvalue weighted by Gasteiger charge is -2.16. The molecule has 0 N–H and O–H groups in total. The molecule has 2 nitrogen and oxygen atoms in total. The minimum Gasteiger partial charge on any atom is -0.497 e. The fourth-order valence-corrected chi connectivity index (χ4v) is 3.01. The van der Waals surface area contributed by atoms with Gasteiger partial charge in [-0.25, -0.2) is 0 Å².